The van der Waals surface area contributed by atoms with Crippen LogP contribution in [-0.2, 0) is 14.8 Å². The summed E-state index contributed by atoms with van der Waals surface area (Å²) in [6, 6.07) is 12.7. The Kier molecular flexibility index (Phi) is 4.67. The van der Waals surface area contributed by atoms with Gasteiger partial charge in [-0.3, -0.25) is 4.79 Å². The first-order chi connectivity index (χ1) is 14.2. The van der Waals surface area contributed by atoms with E-state index in [9.17, 15) is 22.8 Å². The van der Waals surface area contributed by atoms with Gasteiger partial charge in [-0.2, -0.15) is 0 Å². The Morgan fingerprint density at radius 2 is 1.67 bits per heavy atom. The van der Waals surface area contributed by atoms with E-state index in [1.54, 1.807) is 24.3 Å². The van der Waals surface area contributed by atoms with Gasteiger partial charge in [-0.1, -0.05) is 35.6 Å². The lowest BCUT2D eigenvalue weighted by atomic mass is 10.1. The molecule has 0 saturated carbocycles. The Balaban J connectivity index is 1.99. The van der Waals surface area contributed by atoms with Gasteiger partial charge in [0.25, 0.3) is 10.0 Å². The van der Waals surface area contributed by atoms with E-state index in [0.717, 1.165) is 42.5 Å². The fraction of sp³-hybridized carbons (Fsp3) is 0.0500. The SMILES string of the molecule is CC(=O)N(c1cc2sc(=O)oc2c2ccccc12)S(=O)(=O)c1ccc(C(=O)O)cc1. The highest BCUT2D eigenvalue weighted by Crippen LogP contribution is 2.37. The second-order valence-electron chi connectivity index (χ2n) is 6.34. The minimum Gasteiger partial charge on any atom is -0.478 e. The molecule has 1 heterocycles. The molecule has 0 unspecified atom stereocenters. The average molecular weight is 443 g/mol. The zero-order chi connectivity index (χ0) is 21.6. The van der Waals surface area contributed by atoms with Crippen LogP contribution in [0.3, 0.4) is 0 Å². The summed E-state index contributed by atoms with van der Waals surface area (Å²) in [5.41, 5.74) is 0.305. The normalized spacial score (nSPS) is 11.6. The highest BCUT2D eigenvalue weighted by molar-refractivity contribution is 7.93. The third kappa shape index (κ3) is 3.15. The maximum absolute atomic E-state index is 13.3. The van der Waals surface area contributed by atoms with Crippen LogP contribution >= 0.6 is 11.3 Å². The lowest BCUT2D eigenvalue weighted by Crippen LogP contribution is -2.35. The summed E-state index contributed by atoms with van der Waals surface area (Å²) in [7, 11) is -4.36. The topological polar surface area (TPSA) is 122 Å². The first-order valence-corrected chi connectivity index (χ1v) is 10.8. The van der Waals surface area contributed by atoms with Gasteiger partial charge in [0, 0.05) is 17.7 Å². The maximum Gasteiger partial charge on any atom is 0.396 e. The van der Waals surface area contributed by atoms with Crippen molar-refractivity contribution in [2.24, 2.45) is 0 Å². The van der Waals surface area contributed by atoms with Crippen molar-refractivity contribution in [3.05, 3.63) is 69.9 Å². The number of anilines is 1. The van der Waals surface area contributed by atoms with E-state index < -0.39 is 26.8 Å². The molecule has 0 atom stereocenters. The molecule has 0 aliphatic heterocycles. The van der Waals surface area contributed by atoms with Gasteiger partial charge in [0.05, 0.1) is 20.8 Å². The largest absolute Gasteiger partial charge is 0.478 e. The zero-order valence-electron chi connectivity index (χ0n) is 15.4. The van der Waals surface area contributed by atoms with Crippen molar-refractivity contribution >= 4 is 60.0 Å². The number of carbonyl (C=O) groups is 2. The van der Waals surface area contributed by atoms with Crippen molar-refractivity contribution in [1.82, 2.24) is 0 Å². The number of benzene rings is 3. The molecule has 0 saturated heterocycles. The minimum atomic E-state index is -4.36. The summed E-state index contributed by atoms with van der Waals surface area (Å²) in [5.74, 6) is -1.97. The summed E-state index contributed by atoms with van der Waals surface area (Å²) < 4.78 is 32.9. The van der Waals surface area contributed by atoms with E-state index >= 15 is 0 Å². The van der Waals surface area contributed by atoms with Crippen LogP contribution in [0.15, 0.2) is 68.7 Å². The van der Waals surface area contributed by atoms with Crippen LogP contribution in [-0.4, -0.2) is 25.4 Å². The molecule has 0 bridgehead atoms. The smallest absolute Gasteiger partial charge is 0.396 e. The second kappa shape index (κ2) is 7.08. The molecule has 4 rings (SSSR count). The van der Waals surface area contributed by atoms with Crippen molar-refractivity contribution in [2.45, 2.75) is 11.8 Å². The first kappa shape index (κ1) is 19.8. The number of amides is 1. The molecule has 1 amide bonds. The fourth-order valence-electron chi connectivity index (χ4n) is 3.19. The number of nitrogens with zero attached hydrogens (tertiary/aromatic N) is 1. The Hall–Kier alpha value is -3.50. The van der Waals surface area contributed by atoms with E-state index in [1.807, 2.05) is 0 Å². The van der Waals surface area contributed by atoms with Gasteiger partial charge in [-0.15, -0.1) is 0 Å². The van der Waals surface area contributed by atoms with Crippen LogP contribution in [0, 0.1) is 0 Å². The van der Waals surface area contributed by atoms with Crippen molar-refractivity contribution in [3.63, 3.8) is 0 Å². The Morgan fingerprint density at radius 3 is 2.27 bits per heavy atom. The van der Waals surface area contributed by atoms with E-state index in [2.05, 4.69) is 0 Å². The lowest BCUT2D eigenvalue weighted by Gasteiger charge is -2.23. The van der Waals surface area contributed by atoms with Gasteiger partial charge in [-0.05, 0) is 30.3 Å². The molecule has 1 N–H and O–H groups in total. The number of carboxylic acid groups (broad SMARTS) is 1. The molecule has 0 aliphatic rings. The highest BCUT2D eigenvalue weighted by atomic mass is 32.2. The van der Waals surface area contributed by atoms with Gasteiger partial charge < -0.3 is 9.52 Å². The number of carbonyl (C=O) groups excluding carboxylic acids is 1. The number of fused-ring (bicyclic) bond motifs is 3. The van der Waals surface area contributed by atoms with Crippen molar-refractivity contribution in [2.75, 3.05) is 4.31 Å². The number of carboxylic acids is 1. The molecule has 0 fully saturated rings. The molecular formula is C20H13NO7S2. The Morgan fingerprint density at radius 1 is 1.03 bits per heavy atom. The number of aromatic carboxylic acids is 1. The van der Waals surface area contributed by atoms with Crippen LogP contribution in [0.2, 0.25) is 0 Å². The lowest BCUT2D eigenvalue weighted by molar-refractivity contribution is -0.115. The molecule has 0 radical (unpaired) electrons. The molecule has 30 heavy (non-hydrogen) atoms. The molecule has 0 spiro atoms. The number of hydrogen-bond acceptors (Lipinski definition) is 7. The number of rotatable bonds is 4. The van der Waals surface area contributed by atoms with Gasteiger partial charge in [0.15, 0.2) is 5.58 Å². The molecular weight excluding hydrogens is 430 g/mol. The van der Waals surface area contributed by atoms with Crippen molar-refractivity contribution < 1.29 is 27.5 Å². The highest BCUT2D eigenvalue weighted by Gasteiger charge is 2.31. The summed E-state index contributed by atoms with van der Waals surface area (Å²) >= 11 is 0.802. The maximum atomic E-state index is 13.3. The molecule has 0 aliphatic carbocycles. The monoisotopic (exact) mass is 443 g/mol. The van der Waals surface area contributed by atoms with Crippen LogP contribution in [0.4, 0.5) is 5.69 Å². The summed E-state index contributed by atoms with van der Waals surface area (Å²) in [6.07, 6.45) is 0. The van der Waals surface area contributed by atoms with Crippen LogP contribution in [0.1, 0.15) is 17.3 Å². The molecule has 3 aromatic carbocycles. The van der Waals surface area contributed by atoms with Crippen LogP contribution < -0.4 is 9.24 Å². The molecule has 152 valence electrons. The zero-order valence-corrected chi connectivity index (χ0v) is 17.0. The molecule has 1 aromatic heterocycles. The fourth-order valence-corrected chi connectivity index (χ4v) is 5.35. The van der Waals surface area contributed by atoms with Gasteiger partial charge >= 0.3 is 10.9 Å². The van der Waals surface area contributed by atoms with Gasteiger partial charge in [-0.25, -0.2) is 22.3 Å². The van der Waals surface area contributed by atoms with E-state index in [-0.39, 0.29) is 16.1 Å². The van der Waals surface area contributed by atoms with Crippen molar-refractivity contribution in [1.29, 1.82) is 0 Å². The third-order valence-electron chi connectivity index (χ3n) is 4.46. The van der Waals surface area contributed by atoms with Crippen molar-refractivity contribution in [3.8, 4) is 0 Å². The summed E-state index contributed by atoms with van der Waals surface area (Å²) in [5, 5.41) is 9.93. The van der Waals surface area contributed by atoms with Crippen LogP contribution in [0.5, 0.6) is 0 Å². The van der Waals surface area contributed by atoms with Gasteiger partial charge in [0.1, 0.15) is 0 Å². The predicted molar refractivity (Wildman–Crippen MR) is 112 cm³/mol. The summed E-state index contributed by atoms with van der Waals surface area (Å²) in [6.45, 7) is 1.11. The predicted octanol–water partition coefficient (Wildman–Crippen LogP) is 3.45. The number of hydrogen-bond donors (Lipinski definition) is 1. The molecule has 4 aromatic rings. The minimum absolute atomic E-state index is 0.0740. The van der Waals surface area contributed by atoms with E-state index in [4.69, 9.17) is 9.52 Å². The van der Waals surface area contributed by atoms with Gasteiger partial charge in [0.2, 0.25) is 5.91 Å². The standard InChI is InChI=1S/C20H13NO7S2/c1-11(22)21(30(26,27)13-8-6-12(7-9-13)19(23)24)16-10-17-18(28-20(25)29-17)15-5-3-2-4-14(15)16/h2-10H,1H3,(H,23,24). The first-order valence-electron chi connectivity index (χ1n) is 8.55. The quantitative estimate of drug-likeness (QED) is 0.513. The Labute approximate surface area is 173 Å². The summed E-state index contributed by atoms with van der Waals surface area (Å²) in [4.78, 5) is 34.5. The van der Waals surface area contributed by atoms with Crippen LogP contribution in [0.25, 0.3) is 21.1 Å². The number of sulfonamides is 1. The third-order valence-corrected chi connectivity index (χ3v) is 7.04. The Bertz CT molecular complexity index is 1480. The second-order valence-corrected chi connectivity index (χ2v) is 9.10. The average Bonchev–Trinajstić information content (AvgIpc) is 3.08. The molecule has 8 nitrogen and oxygen atoms in total. The van der Waals surface area contributed by atoms with E-state index in [1.165, 1.54) is 6.07 Å². The van der Waals surface area contributed by atoms with E-state index in [0.29, 0.717) is 25.4 Å². The molecule has 10 heteroatoms.